The van der Waals surface area contributed by atoms with Crippen LogP contribution in [0.1, 0.15) is 5.56 Å². The number of aliphatic imine (C=N–C) groups is 1. The van der Waals surface area contributed by atoms with Gasteiger partial charge < -0.3 is 0 Å². The van der Waals surface area contributed by atoms with E-state index in [1.807, 2.05) is 66.9 Å². The van der Waals surface area contributed by atoms with E-state index < -0.39 is 0 Å². The summed E-state index contributed by atoms with van der Waals surface area (Å²) in [5.74, 6) is 0. The van der Waals surface area contributed by atoms with Gasteiger partial charge >= 0.3 is 0 Å². The zero-order valence-electron chi connectivity index (χ0n) is 7.80. The highest BCUT2D eigenvalue weighted by molar-refractivity contribution is 5.81. The van der Waals surface area contributed by atoms with Gasteiger partial charge in [0.25, 0.3) is 0 Å². The van der Waals surface area contributed by atoms with Crippen LogP contribution < -0.4 is 0 Å². The van der Waals surface area contributed by atoms with Gasteiger partial charge in [0, 0.05) is 6.21 Å². The van der Waals surface area contributed by atoms with Crippen LogP contribution in [-0.2, 0) is 0 Å². The summed E-state index contributed by atoms with van der Waals surface area (Å²) in [4.78, 5) is 4.35. The van der Waals surface area contributed by atoms with Gasteiger partial charge in [-0.1, -0.05) is 48.5 Å². The van der Waals surface area contributed by atoms with Crippen molar-refractivity contribution in [1.29, 1.82) is 0 Å². The molecule has 2 rings (SSSR count). The fourth-order valence-corrected chi connectivity index (χ4v) is 1.20. The normalized spacial score (nSPS) is 10.6. The zero-order chi connectivity index (χ0) is 9.64. The van der Waals surface area contributed by atoms with Crippen molar-refractivity contribution in [2.24, 2.45) is 4.99 Å². The minimum Gasteiger partial charge on any atom is -0.256 e. The Morgan fingerprint density at radius 2 is 1.29 bits per heavy atom. The molecule has 0 N–H and O–H groups in total. The second-order valence-electron chi connectivity index (χ2n) is 3.00. The number of hydrogen-bond acceptors (Lipinski definition) is 1. The highest BCUT2D eigenvalue weighted by atomic mass is 15.5. The molecule has 0 aromatic heterocycles. The molecule has 0 saturated carbocycles. The van der Waals surface area contributed by atoms with Crippen molar-refractivity contribution in [1.82, 2.24) is 0 Å². The molecule has 0 aliphatic rings. The number of nitrogens with zero attached hydrogens (tertiary/aromatic N) is 1. The summed E-state index contributed by atoms with van der Waals surface area (Å²) >= 11 is 0. The van der Waals surface area contributed by atoms with Gasteiger partial charge in [-0.2, -0.15) is 0 Å². The average Bonchev–Trinajstić information content (AvgIpc) is 2.29. The maximum Gasteiger partial charge on any atom is 0.0629 e. The highest BCUT2D eigenvalue weighted by Crippen LogP contribution is 2.09. The zero-order valence-corrected chi connectivity index (χ0v) is 7.80. The molecular weight excluding hydrogens is 171 g/mol. The summed E-state index contributed by atoms with van der Waals surface area (Å²) < 4.78 is 0. The summed E-state index contributed by atoms with van der Waals surface area (Å²) in [6.45, 7) is 0. The molecule has 0 heterocycles. The summed E-state index contributed by atoms with van der Waals surface area (Å²) in [7, 11) is 0. The molecule has 68 valence electrons. The Balaban J connectivity index is 2.16. The first kappa shape index (κ1) is 8.70. The van der Waals surface area contributed by atoms with Crippen molar-refractivity contribution in [3.05, 3.63) is 66.2 Å². The Morgan fingerprint density at radius 3 is 1.93 bits per heavy atom. The summed E-state index contributed by atoms with van der Waals surface area (Å²) in [6.07, 6.45) is 1.87. The molecule has 0 aliphatic heterocycles. The van der Waals surface area contributed by atoms with E-state index in [4.69, 9.17) is 0 Å². The van der Waals surface area contributed by atoms with E-state index in [9.17, 15) is 0 Å². The lowest BCUT2D eigenvalue weighted by Crippen LogP contribution is -1.77. The Bertz CT molecular complexity index is 362. The summed E-state index contributed by atoms with van der Waals surface area (Å²) in [6, 6.07) is 20.0. The topological polar surface area (TPSA) is 12.4 Å². The van der Waals surface area contributed by atoms with Crippen molar-refractivity contribution >= 4 is 11.9 Å². The minimum atomic E-state index is 0.983. The van der Waals surface area contributed by atoms with Gasteiger partial charge in [0.05, 0.1) is 5.69 Å². The fourth-order valence-electron chi connectivity index (χ4n) is 1.20. The summed E-state index contributed by atoms with van der Waals surface area (Å²) in [5.41, 5.74) is 2.10. The Hall–Kier alpha value is -1.89. The predicted molar refractivity (Wildman–Crippen MR) is 60.1 cm³/mol. The van der Waals surface area contributed by atoms with Crippen LogP contribution in [0.3, 0.4) is 0 Å². The van der Waals surface area contributed by atoms with Crippen LogP contribution in [0.25, 0.3) is 0 Å². The van der Waals surface area contributed by atoms with E-state index in [2.05, 4.69) is 4.99 Å². The molecule has 0 amide bonds. The van der Waals surface area contributed by atoms with Crippen LogP contribution in [0, 0.1) is 0 Å². The standard InChI is InChI=1S/C13H11N/c1-3-7-12(8-4-1)11-14-13-9-5-2-6-10-13/h1-11H/i14+1. The molecule has 0 unspecified atom stereocenters. The van der Waals surface area contributed by atoms with Gasteiger partial charge in [-0.05, 0) is 17.7 Å². The predicted octanol–water partition coefficient (Wildman–Crippen LogP) is 3.44. The first-order chi connectivity index (χ1) is 6.95. The van der Waals surface area contributed by atoms with Crippen molar-refractivity contribution in [3.8, 4) is 0 Å². The third kappa shape index (κ3) is 2.30. The molecule has 1 heteroatoms. The Labute approximate surface area is 83.7 Å². The lowest BCUT2D eigenvalue weighted by atomic mass is 10.2. The third-order valence-corrected chi connectivity index (χ3v) is 1.92. The molecule has 0 bridgehead atoms. The van der Waals surface area contributed by atoms with Crippen LogP contribution in [0.5, 0.6) is 0 Å². The molecule has 0 aliphatic carbocycles. The number of benzene rings is 2. The molecule has 0 atom stereocenters. The monoisotopic (exact) mass is 182 g/mol. The van der Waals surface area contributed by atoms with Crippen LogP contribution in [0.15, 0.2) is 65.7 Å². The molecule has 0 radical (unpaired) electrons. The van der Waals surface area contributed by atoms with E-state index in [1.165, 1.54) is 0 Å². The van der Waals surface area contributed by atoms with E-state index in [0.29, 0.717) is 0 Å². The lowest BCUT2D eigenvalue weighted by Gasteiger charge is -1.92. The number of rotatable bonds is 2. The molecule has 0 fully saturated rings. The van der Waals surface area contributed by atoms with Gasteiger partial charge in [0.15, 0.2) is 0 Å². The van der Waals surface area contributed by atoms with Gasteiger partial charge in [-0.3, -0.25) is 4.99 Å². The van der Waals surface area contributed by atoms with Gasteiger partial charge in [-0.25, -0.2) is 0 Å². The molecule has 2 aromatic carbocycles. The first-order valence-electron chi connectivity index (χ1n) is 4.59. The highest BCUT2D eigenvalue weighted by Gasteiger charge is 1.85. The van der Waals surface area contributed by atoms with Gasteiger partial charge in [0.2, 0.25) is 0 Å². The molecule has 1 nitrogen and oxygen atoms in total. The van der Waals surface area contributed by atoms with E-state index in [0.717, 1.165) is 11.3 Å². The lowest BCUT2D eigenvalue weighted by molar-refractivity contribution is 1.53. The molecular formula is C13H11N. The largest absolute Gasteiger partial charge is 0.256 e. The quantitative estimate of drug-likeness (QED) is 0.498. The fraction of sp³-hybridized carbons (Fsp3) is 0. The maximum atomic E-state index is 4.35. The SMILES string of the molecule is C(=[15N]c1ccccc1)c1ccccc1. The Morgan fingerprint density at radius 1 is 0.714 bits per heavy atom. The Kier molecular flexibility index (Phi) is 2.72. The number of para-hydroxylation sites is 1. The van der Waals surface area contributed by atoms with Gasteiger partial charge in [-0.15, -0.1) is 0 Å². The molecule has 0 spiro atoms. The maximum absolute atomic E-state index is 4.35. The van der Waals surface area contributed by atoms with E-state index in [1.54, 1.807) is 0 Å². The van der Waals surface area contributed by atoms with Crippen LogP contribution in [-0.4, -0.2) is 6.21 Å². The van der Waals surface area contributed by atoms with Crippen molar-refractivity contribution in [2.75, 3.05) is 0 Å². The first-order valence-corrected chi connectivity index (χ1v) is 4.59. The smallest absolute Gasteiger partial charge is 0.0629 e. The van der Waals surface area contributed by atoms with Gasteiger partial charge in [0.1, 0.15) is 0 Å². The molecule has 14 heavy (non-hydrogen) atoms. The second kappa shape index (κ2) is 4.38. The molecule has 0 saturated heterocycles. The minimum absolute atomic E-state index is 0.983. The van der Waals surface area contributed by atoms with E-state index in [-0.39, 0.29) is 0 Å². The van der Waals surface area contributed by atoms with E-state index >= 15 is 0 Å². The second-order valence-corrected chi connectivity index (χ2v) is 3.00. The molecule has 2 aromatic rings. The summed E-state index contributed by atoms with van der Waals surface area (Å²) in [5, 5.41) is 0. The third-order valence-electron chi connectivity index (χ3n) is 1.92. The van der Waals surface area contributed by atoms with Crippen molar-refractivity contribution in [2.45, 2.75) is 0 Å². The number of hydrogen-bond donors (Lipinski definition) is 0. The van der Waals surface area contributed by atoms with Crippen LogP contribution in [0.2, 0.25) is 0 Å². The van der Waals surface area contributed by atoms with Crippen LogP contribution in [0.4, 0.5) is 5.69 Å². The average molecular weight is 182 g/mol. The van der Waals surface area contributed by atoms with Crippen molar-refractivity contribution in [3.63, 3.8) is 0 Å². The van der Waals surface area contributed by atoms with Crippen LogP contribution >= 0.6 is 0 Å². The van der Waals surface area contributed by atoms with Crippen molar-refractivity contribution < 1.29 is 0 Å².